The van der Waals surface area contributed by atoms with Crippen molar-refractivity contribution in [2.75, 3.05) is 33.4 Å². The number of ketones is 1. The Labute approximate surface area is 170 Å². The molecule has 1 fully saturated rings. The van der Waals surface area contributed by atoms with Crippen LogP contribution in [0.5, 0.6) is 11.5 Å². The summed E-state index contributed by atoms with van der Waals surface area (Å²) in [5, 5.41) is 0. The Hall–Kier alpha value is -2.80. The van der Waals surface area contributed by atoms with Gasteiger partial charge in [-0.2, -0.15) is 0 Å². The summed E-state index contributed by atoms with van der Waals surface area (Å²) in [6.07, 6.45) is 2.44. The van der Waals surface area contributed by atoms with Gasteiger partial charge in [-0.05, 0) is 44.0 Å². The van der Waals surface area contributed by atoms with E-state index in [1.165, 1.54) is 6.26 Å². The Morgan fingerprint density at radius 1 is 1.24 bits per heavy atom. The van der Waals surface area contributed by atoms with Crippen molar-refractivity contribution in [1.29, 1.82) is 0 Å². The number of Topliss-reactive ketones (excluding diaryl/α,β-unsaturated/α-hetero) is 1. The summed E-state index contributed by atoms with van der Waals surface area (Å²) in [6, 6.07) is 7.43. The standard InChI is InChI=1S/C22H27NO6/c1-15-8-10-28-21(15)22(25)23-9-11-27-18(13-23)14-29-19-7-6-17(5-4-16(2)24)12-20(19)26-3/h6-8,10,12,18H,4-5,9,11,13-14H2,1-3H3. The number of morpholine rings is 1. The minimum Gasteiger partial charge on any atom is -0.493 e. The Morgan fingerprint density at radius 2 is 2.07 bits per heavy atom. The Balaban J connectivity index is 1.58. The fourth-order valence-corrected chi connectivity index (χ4v) is 3.23. The Kier molecular flexibility index (Phi) is 6.93. The van der Waals surface area contributed by atoms with Crippen LogP contribution in [0.25, 0.3) is 0 Å². The molecule has 29 heavy (non-hydrogen) atoms. The van der Waals surface area contributed by atoms with Crippen molar-refractivity contribution >= 4 is 11.7 Å². The number of aryl methyl sites for hydroxylation is 2. The average Bonchev–Trinajstić information content (AvgIpc) is 3.16. The van der Waals surface area contributed by atoms with Gasteiger partial charge in [-0.25, -0.2) is 0 Å². The molecule has 1 amide bonds. The van der Waals surface area contributed by atoms with Crippen LogP contribution in [0, 0.1) is 6.92 Å². The zero-order valence-electron chi connectivity index (χ0n) is 17.1. The highest BCUT2D eigenvalue weighted by atomic mass is 16.5. The van der Waals surface area contributed by atoms with Gasteiger partial charge in [0.05, 0.1) is 26.5 Å². The highest BCUT2D eigenvalue weighted by molar-refractivity contribution is 5.92. The molecule has 0 aliphatic carbocycles. The molecule has 1 aromatic carbocycles. The molecule has 1 atom stereocenters. The second kappa shape index (κ2) is 9.60. The van der Waals surface area contributed by atoms with E-state index in [1.807, 2.05) is 25.1 Å². The van der Waals surface area contributed by atoms with Gasteiger partial charge in [0.2, 0.25) is 0 Å². The van der Waals surface area contributed by atoms with Crippen LogP contribution in [0.4, 0.5) is 0 Å². The van der Waals surface area contributed by atoms with Crippen molar-refractivity contribution < 1.29 is 28.2 Å². The molecule has 7 nitrogen and oxygen atoms in total. The third-order valence-electron chi connectivity index (χ3n) is 4.90. The van der Waals surface area contributed by atoms with E-state index in [1.54, 1.807) is 25.0 Å². The van der Waals surface area contributed by atoms with Crippen molar-refractivity contribution in [3.05, 3.63) is 47.4 Å². The van der Waals surface area contributed by atoms with Crippen LogP contribution in [0.15, 0.2) is 34.9 Å². The van der Waals surface area contributed by atoms with Crippen LogP contribution in [0.1, 0.15) is 35.0 Å². The van der Waals surface area contributed by atoms with Crippen LogP contribution >= 0.6 is 0 Å². The SMILES string of the molecule is COc1cc(CCC(C)=O)ccc1OCC1CN(C(=O)c2occc2C)CCO1. The molecule has 0 bridgehead atoms. The number of nitrogens with zero attached hydrogens (tertiary/aromatic N) is 1. The highest BCUT2D eigenvalue weighted by Gasteiger charge is 2.28. The van der Waals surface area contributed by atoms with Crippen molar-refractivity contribution in [1.82, 2.24) is 4.90 Å². The van der Waals surface area contributed by atoms with E-state index in [2.05, 4.69) is 0 Å². The Bertz CT molecular complexity index is 859. The number of ether oxygens (including phenoxy) is 3. The number of carbonyl (C=O) groups excluding carboxylic acids is 2. The van der Waals surface area contributed by atoms with E-state index in [0.29, 0.717) is 56.4 Å². The van der Waals surface area contributed by atoms with Crippen LogP contribution in [0.2, 0.25) is 0 Å². The molecule has 1 unspecified atom stereocenters. The molecule has 0 radical (unpaired) electrons. The monoisotopic (exact) mass is 401 g/mol. The second-order valence-electron chi connectivity index (χ2n) is 7.17. The largest absolute Gasteiger partial charge is 0.493 e. The fourth-order valence-electron chi connectivity index (χ4n) is 3.23. The van der Waals surface area contributed by atoms with Crippen molar-refractivity contribution in [2.45, 2.75) is 32.8 Å². The molecule has 1 saturated heterocycles. The van der Waals surface area contributed by atoms with Crippen molar-refractivity contribution in [2.24, 2.45) is 0 Å². The van der Waals surface area contributed by atoms with E-state index < -0.39 is 0 Å². The number of hydrogen-bond donors (Lipinski definition) is 0. The van der Waals surface area contributed by atoms with Gasteiger partial charge in [-0.1, -0.05) is 6.07 Å². The summed E-state index contributed by atoms with van der Waals surface area (Å²) in [4.78, 5) is 25.5. The average molecular weight is 401 g/mol. The van der Waals surface area contributed by atoms with E-state index in [4.69, 9.17) is 18.6 Å². The van der Waals surface area contributed by atoms with E-state index >= 15 is 0 Å². The lowest BCUT2D eigenvalue weighted by atomic mass is 10.1. The number of amides is 1. The summed E-state index contributed by atoms with van der Waals surface area (Å²) in [5.74, 6) is 1.61. The maximum atomic E-state index is 12.6. The quantitative estimate of drug-likeness (QED) is 0.677. The molecule has 0 saturated carbocycles. The first-order valence-corrected chi connectivity index (χ1v) is 9.72. The normalized spacial score (nSPS) is 16.5. The molecule has 156 valence electrons. The minimum atomic E-state index is -0.245. The first kappa shape index (κ1) is 20.9. The molecule has 2 heterocycles. The van der Waals surface area contributed by atoms with Gasteiger partial charge in [0, 0.05) is 18.5 Å². The molecular formula is C22H27NO6. The molecule has 1 aliphatic rings. The minimum absolute atomic E-state index is 0.131. The topological polar surface area (TPSA) is 78.2 Å². The highest BCUT2D eigenvalue weighted by Crippen LogP contribution is 2.29. The van der Waals surface area contributed by atoms with Gasteiger partial charge in [0.25, 0.3) is 5.91 Å². The Morgan fingerprint density at radius 3 is 2.76 bits per heavy atom. The lowest BCUT2D eigenvalue weighted by molar-refractivity contribution is -0.116. The van der Waals surface area contributed by atoms with Crippen LogP contribution in [-0.4, -0.2) is 56.1 Å². The maximum Gasteiger partial charge on any atom is 0.289 e. The number of methoxy groups -OCH3 is 1. The molecule has 7 heteroatoms. The number of benzene rings is 1. The zero-order chi connectivity index (χ0) is 20.8. The van der Waals surface area contributed by atoms with E-state index in [-0.39, 0.29) is 17.8 Å². The third kappa shape index (κ3) is 5.38. The molecular weight excluding hydrogens is 374 g/mol. The predicted molar refractivity (Wildman–Crippen MR) is 107 cm³/mol. The van der Waals surface area contributed by atoms with Crippen LogP contribution < -0.4 is 9.47 Å². The van der Waals surface area contributed by atoms with Gasteiger partial charge in [0.1, 0.15) is 18.5 Å². The lowest BCUT2D eigenvalue weighted by Gasteiger charge is -2.32. The van der Waals surface area contributed by atoms with Gasteiger partial charge in [-0.15, -0.1) is 0 Å². The van der Waals surface area contributed by atoms with E-state index in [9.17, 15) is 9.59 Å². The molecule has 3 rings (SSSR count). The lowest BCUT2D eigenvalue weighted by Crippen LogP contribution is -2.47. The number of furan rings is 1. The molecule has 2 aromatic rings. The number of hydrogen-bond acceptors (Lipinski definition) is 6. The van der Waals surface area contributed by atoms with Gasteiger partial charge < -0.3 is 28.3 Å². The van der Waals surface area contributed by atoms with Crippen LogP contribution in [-0.2, 0) is 16.0 Å². The second-order valence-corrected chi connectivity index (χ2v) is 7.17. The summed E-state index contributed by atoms with van der Waals surface area (Å²) >= 11 is 0. The summed E-state index contributed by atoms with van der Waals surface area (Å²) in [6.45, 7) is 5.12. The first-order valence-electron chi connectivity index (χ1n) is 9.72. The fraction of sp³-hybridized carbons (Fsp3) is 0.455. The molecule has 1 aliphatic heterocycles. The third-order valence-corrected chi connectivity index (χ3v) is 4.90. The number of rotatable bonds is 8. The van der Waals surface area contributed by atoms with Crippen LogP contribution in [0.3, 0.4) is 0 Å². The van der Waals surface area contributed by atoms with Gasteiger partial charge in [0.15, 0.2) is 17.3 Å². The van der Waals surface area contributed by atoms with Crippen molar-refractivity contribution in [3.63, 3.8) is 0 Å². The maximum absolute atomic E-state index is 12.6. The van der Waals surface area contributed by atoms with E-state index in [0.717, 1.165) is 11.1 Å². The number of carbonyl (C=O) groups is 2. The van der Waals surface area contributed by atoms with Gasteiger partial charge in [-0.3, -0.25) is 4.79 Å². The first-order chi connectivity index (χ1) is 14.0. The summed E-state index contributed by atoms with van der Waals surface area (Å²) < 4.78 is 22.4. The molecule has 0 spiro atoms. The summed E-state index contributed by atoms with van der Waals surface area (Å²) in [7, 11) is 1.58. The smallest absolute Gasteiger partial charge is 0.289 e. The zero-order valence-corrected chi connectivity index (χ0v) is 17.1. The van der Waals surface area contributed by atoms with Gasteiger partial charge >= 0.3 is 0 Å². The molecule has 0 N–H and O–H groups in total. The summed E-state index contributed by atoms with van der Waals surface area (Å²) in [5.41, 5.74) is 1.84. The van der Waals surface area contributed by atoms with Crippen molar-refractivity contribution in [3.8, 4) is 11.5 Å². The molecule has 1 aromatic heterocycles. The predicted octanol–water partition coefficient (Wildman–Crippen LogP) is 3.04.